The number of aromatic nitrogens is 2. The van der Waals surface area contributed by atoms with Crippen LogP contribution in [0.2, 0.25) is 0 Å². The van der Waals surface area contributed by atoms with Crippen molar-refractivity contribution in [1.29, 1.82) is 0 Å². The number of rotatable bonds is 1. The van der Waals surface area contributed by atoms with E-state index in [1.807, 2.05) is 60.9 Å². The molecule has 0 bridgehead atoms. The minimum absolute atomic E-state index is 0. The number of fused-ring (bicyclic) bond motifs is 10. The largest absolute Gasteiger partial charge is 2.00 e. The van der Waals surface area contributed by atoms with E-state index in [1.54, 1.807) is 0 Å². The minimum Gasteiger partial charge on any atom is -0.255 e. The van der Waals surface area contributed by atoms with Gasteiger partial charge in [0.2, 0.25) is 0 Å². The Hall–Kier alpha value is -3.91. The molecule has 2 aromatic heterocycles. The molecule has 8 rings (SSSR count). The third-order valence-electron chi connectivity index (χ3n) is 7.31. The van der Waals surface area contributed by atoms with Gasteiger partial charge in [0.05, 0.1) is 11.4 Å². The van der Waals surface area contributed by atoms with Crippen molar-refractivity contribution in [3.05, 3.63) is 146 Å². The zero-order valence-corrected chi connectivity index (χ0v) is 23.7. The molecule has 0 N–H and O–H groups in total. The molecule has 0 fully saturated rings. The molecule has 0 saturated carbocycles. The Morgan fingerprint density at radius 2 is 0.868 bits per heavy atom. The van der Waals surface area contributed by atoms with Crippen molar-refractivity contribution in [2.24, 2.45) is 0 Å². The summed E-state index contributed by atoms with van der Waals surface area (Å²) in [6, 6.07) is 48.6. The molecule has 0 atom stereocenters. The Morgan fingerprint density at radius 1 is 0.447 bits per heavy atom. The molecule has 2 nitrogen and oxygen atoms in total. The van der Waals surface area contributed by atoms with E-state index in [-0.39, 0.29) is 21.1 Å². The van der Waals surface area contributed by atoms with E-state index in [9.17, 15) is 0 Å². The van der Waals surface area contributed by atoms with Crippen molar-refractivity contribution in [2.75, 3.05) is 0 Å². The fourth-order valence-electron chi connectivity index (χ4n) is 5.88. The number of pyridine rings is 2. The molecular weight excluding hydrogens is 660 g/mol. The van der Waals surface area contributed by atoms with Crippen molar-refractivity contribution >= 4 is 28.8 Å². The van der Waals surface area contributed by atoms with Crippen molar-refractivity contribution in [2.45, 2.75) is 0 Å². The summed E-state index contributed by atoms with van der Waals surface area (Å²) < 4.78 is 0. The van der Waals surface area contributed by atoms with Gasteiger partial charge in [-0.15, -0.1) is 12.1 Å². The maximum atomic E-state index is 4.74. The van der Waals surface area contributed by atoms with Gasteiger partial charge in [0.15, 0.2) is 8.07 Å². The summed E-state index contributed by atoms with van der Waals surface area (Å²) in [6.07, 6.45) is 3.77. The third kappa shape index (κ3) is 3.66. The van der Waals surface area contributed by atoms with Crippen LogP contribution in [0.4, 0.5) is 0 Å². The molecule has 0 unspecified atom stereocenters. The van der Waals surface area contributed by atoms with Gasteiger partial charge < -0.3 is 0 Å². The maximum absolute atomic E-state index is 4.74. The summed E-state index contributed by atoms with van der Waals surface area (Å²) in [6.45, 7) is 0. The number of nitrogens with zero attached hydrogens (tertiary/aromatic N) is 2. The minimum atomic E-state index is -2.28. The maximum Gasteiger partial charge on any atom is 2.00 e. The van der Waals surface area contributed by atoms with E-state index in [0.29, 0.717) is 0 Å². The number of benzene rings is 4. The third-order valence-corrected chi connectivity index (χ3v) is 12.2. The zero-order chi connectivity index (χ0) is 24.7. The topological polar surface area (TPSA) is 25.8 Å². The van der Waals surface area contributed by atoms with Gasteiger partial charge in [0, 0.05) is 12.4 Å². The summed E-state index contributed by atoms with van der Waals surface area (Å²) in [7, 11) is -2.28. The van der Waals surface area contributed by atoms with Crippen LogP contribution < -0.4 is 20.7 Å². The van der Waals surface area contributed by atoms with Crippen molar-refractivity contribution in [3.8, 4) is 33.6 Å². The predicted octanol–water partition coefficient (Wildman–Crippen LogP) is 4.77. The predicted molar refractivity (Wildman–Crippen MR) is 153 cm³/mol. The first-order valence-corrected chi connectivity index (χ1v) is 14.4. The van der Waals surface area contributed by atoms with Crippen molar-refractivity contribution in [1.82, 2.24) is 9.97 Å². The molecule has 2 aliphatic rings. The second-order valence-corrected chi connectivity index (χ2v) is 12.8. The molecule has 6 aromatic rings. The van der Waals surface area contributed by atoms with Gasteiger partial charge in [-0.05, 0) is 44.0 Å². The molecule has 0 radical (unpaired) electrons. The summed E-state index contributed by atoms with van der Waals surface area (Å²) in [5.41, 5.74) is 7.07. The first kappa shape index (κ1) is 24.4. The average Bonchev–Trinajstić information content (AvgIpc) is 3.46. The zero-order valence-electron chi connectivity index (χ0n) is 20.4. The van der Waals surface area contributed by atoms with Gasteiger partial charge in [-0.3, -0.25) is 9.97 Å². The molecule has 4 aromatic carbocycles. The Balaban J connectivity index is 0.000000172. The smallest absolute Gasteiger partial charge is 0.255 e. The molecule has 2 aliphatic heterocycles. The van der Waals surface area contributed by atoms with Gasteiger partial charge in [-0.1, -0.05) is 60.7 Å². The van der Waals surface area contributed by atoms with Gasteiger partial charge in [-0.25, -0.2) is 11.1 Å². The Bertz CT molecular complexity index is 1510. The van der Waals surface area contributed by atoms with Crippen LogP contribution in [0, 0.1) is 12.1 Å². The van der Waals surface area contributed by atoms with Gasteiger partial charge in [0.1, 0.15) is 0 Å². The van der Waals surface area contributed by atoms with E-state index in [4.69, 9.17) is 9.97 Å². The summed E-state index contributed by atoms with van der Waals surface area (Å²) in [5.74, 6) is 0. The van der Waals surface area contributed by atoms with Gasteiger partial charge in [0.25, 0.3) is 0 Å². The quantitative estimate of drug-likeness (QED) is 0.185. The summed E-state index contributed by atoms with van der Waals surface area (Å²) in [4.78, 5) is 9.48. The van der Waals surface area contributed by atoms with E-state index >= 15 is 0 Å². The van der Waals surface area contributed by atoms with Crippen LogP contribution in [0.15, 0.2) is 134 Å². The first-order chi connectivity index (χ1) is 18.4. The fraction of sp³-hybridized carbons (Fsp3) is 0. The fourth-order valence-corrected chi connectivity index (χ4v) is 11.3. The molecular formula is C34H22N2PtSi. The Labute approximate surface area is 238 Å². The first-order valence-electron chi connectivity index (χ1n) is 12.4. The summed E-state index contributed by atoms with van der Waals surface area (Å²) >= 11 is 0. The Kier molecular flexibility index (Phi) is 6.49. The number of hydrogen-bond donors (Lipinski definition) is 0. The standard InChI is InChI=1S/C22H14N2Si.C12H8.Pt/c1-3-9-17-15(7-1)16-8-2-4-10-18(16)25(17)19-11-5-13-23-21(19)22-20(25)12-6-14-24-22;1-3-7-11(8-4-1)12-9-5-2-6-10-12;/h1-14H;1-7,9H;/q;-2;+2. The second-order valence-electron chi connectivity index (χ2n) is 9.19. The Morgan fingerprint density at radius 3 is 1.32 bits per heavy atom. The van der Waals surface area contributed by atoms with Gasteiger partial charge in [-0.2, -0.15) is 48.5 Å². The van der Waals surface area contributed by atoms with Crippen LogP contribution in [-0.4, -0.2) is 18.0 Å². The van der Waals surface area contributed by atoms with Crippen LogP contribution in [0.5, 0.6) is 0 Å². The molecule has 182 valence electrons. The van der Waals surface area contributed by atoms with Crippen LogP contribution >= 0.6 is 0 Å². The molecule has 0 saturated heterocycles. The second kappa shape index (κ2) is 10.1. The summed E-state index contributed by atoms with van der Waals surface area (Å²) in [5, 5.41) is 5.69. The SMILES string of the molecule is [Pt+2].[c-]1ccccc1-c1[c-]cccc1.c1ccc2c(c1)-c1ccccc1[Si]21c2cccnc2-c2ncccc21. The van der Waals surface area contributed by atoms with Crippen LogP contribution in [-0.2, 0) is 21.1 Å². The van der Waals surface area contributed by atoms with E-state index in [0.717, 1.165) is 22.5 Å². The van der Waals surface area contributed by atoms with Crippen molar-refractivity contribution < 1.29 is 21.1 Å². The normalized spacial score (nSPS) is 12.7. The van der Waals surface area contributed by atoms with Crippen LogP contribution in [0.25, 0.3) is 33.6 Å². The molecule has 4 heteroatoms. The van der Waals surface area contributed by atoms with Crippen LogP contribution in [0.3, 0.4) is 0 Å². The van der Waals surface area contributed by atoms with Crippen molar-refractivity contribution in [3.63, 3.8) is 0 Å². The molecule has 0 amide bonds. The van der Waals surface area contributed by atoms with E-state index in [2.05, 4.69) is 84.9 Å². The van der Waals surface area contributed by atoms with Gasteiger partial charge >= 0.3 is 21.1 Å². The molecule has 38 heavy (non-hydrogen) atoms. The monoisotopic (exact) mass is 681 g/mol. The molecule has 0 aliphatic carbocycles. The van der Waals surface area contributed by atoms with E-state index in [1.165, 1.54) is 31.9 Å². The van der Waals surface area contributed by atoms with E-state index < -0.39 is 8.07 Å². The molecule has 1 spiro atoms. The molecule has 4 heterocycles. The van der Waals surface area contributed by atoms with Crippen LogP contribution in [0.1, 0.15) is 0 Å². The number of hydrogen-bond acceptors (Lipinski definition) is 2. The average molecular weight is 682 g/mol.